The van der Waals surface area contributed by atoms with Gasteiger partial charge < -0.3 is 79.0 Å². The maximum absolute atomic E-state index is 12.1. The number of ketones is 3. The van der Waals surface area contributed by atoms with E-state index in [1.54, 1.807) is 103 Å². The Morgan fingerprint density at radius 2 is 0.783 bits per heavy atom. The van der Waals surface area contributed by atoms with Crippen LogP contribution in [0.1, 0.15) is 101 Å². The summed E-state index contributed by atoms with van der Waals surface area (Å²) in [7, 11) is 0. The van der Waals surface area contributed by atoms with Gasteiger partial charge in [0.25, 0.3) is 6.47 Å². The number of hydrogen-bond acceptors (Lipinski definition) is 28. The summed E-state index contributed by atoms with van der Waals surface area (Å²) in [6.07, 6.45) is 1.66. The van der Waals surface area contributed by atoms with E-state index in [0.29, 0.717) is 105 Å². The topological polar surface area (TPSA) is 331 Å². The van der Waals surface area contributed by atoms with Crippen molar-refractivity contribution in [1.29, 1.82) is 0 Å². The number of carbonyl (C=O) groups excluding carboxylic acids is 8. The number of ether oxygens (including phenoxy) is 11. The molecule has 0 spiro atoms. The molecule has 0 atom stereocenters. The Morgan fingerprint density at radius 3 is 1.02 bits per heavy atom. The van der Waals surface area contributed by atoms with Crippen molar-refractivity contribution in [2.75, 3.05) is 134 Å². The molecule has 0 unspecified atom stereocenters. The zero-order valence-corrected chi connectivity index (χ0v) is 64.3. The molecular weight excluding hydrogens is 1340 g/mol. The van der Waals surface area contributed by atoms with Gasteiger partial charge in [-0.1, -0.05) is 6.58 Å². The van der Waals surface area contributed by atoms with E-state index in [1.807, 2.05) is 0 Å². The molecule has 3 aromatic carbocycles. The molecule has 3 N–H and O–H groups in total. The molecule has 3 aromatic rings. The van der Waals surface area contributed by atoms with Gasteiger partial charge in [-0.05, 0) is 121 Å². The fourth-order valence-corrected chi connectivity index (χ4v) is 7.79. The molecule has 3 rings (SSSR count). The molecule has 0 aliphatic carbocycles. The molecule has 24 nitrogen and oxygen atoms in total. The van der Waals surface area contributed by atoms with E-state index < -0.39 is 22.8 Å². The van der Waals surface area contributed by atoms with Gasteiger partial charge in [0.05, 0.1) is 72.3 Å². The van der Waals surface area contributed by atoms with Crippen LogP contribution in [0, 0.1) is 0 Å². The minimum atomic E-state index is -1.44. The Hall–Kier alpha value is -2.49. The number of esters is 4. The Labute approximate surface area is 647 Å². The molecule has 92 heavy (non-hydrogen) atoms. The normalized spacial score (nSPS) is 10.5. The number of thiol groups is 2. The number of thioether (sulfide) groups is 2. The van der Waals surface area contributed by atoms with Gasteiger partial charge in [-0.3, -0.25) is 33.6 Å². The number of aliphatic hydroxyl groups is 3. The predicted octanol–water partition coefficient (Wildman–Crippen LogP) is 0.170. The van der Waals surface area contributed by atoms with Crippen LogP contribution in [-0.4, -0.2) is 213 Å². The second kappa shape index (κ2) is 60.9. The fourth-order valence-electron chi connectivity index (χ4n) is 6.03. The third-order valence-electron chi connectivity index (χ3n) is 10.3. The summed E-state index contributed by atoms with van der Waals surface area (Å²) in [4.78, 5) is 91.6. The van der Waals surface area contributed by atoms with Crippen LogP contribution in [0.5, 0.6) is 17.2 Å². The summed E-state index contributed by atoms with van der Waals surface area (Å²) in [5.41, 5.74) is -3.10. The Morgan fingerprint density at radius 1 is 0.489 bits per heavy atom. The number of hydrogen-bond donors (Lipinski definition) is 5. The van der Waals surface area contributed by atoms with Gasteiger partial charge in [-0.25, -0.2) is 4.79 Å². The minimum Gasteiger partial charge on any atom is -1.00 e. The summed E-state index contributed by atoms with van der Waals surface area (Å²) in [6, 6.07) is 19.3. The molecule has 0 saturated carbocycles. The molecule has 30 heteroatoms. The van der Waals surface area contributed by atoms with Crippen LogP contribution in [0.2, 0.25) is 0 Å². The van der Waals surface area contributed by atoms with Crippen molar-refractivity contribution in [1.82, 2.24) is 0 Å². The van der Waals surface area contributed by atoms with Gasteiger partial charge in [0, 0.05) is 64.2 Å². The maximum atomic E-state index is 12.1. The molecule has 0 fully saturated rings. The van der Waals surface area contributed by atoms with Gasteiger partial charge >= 0.3 is 127 Å². The molecule has 0 bridgehead atoms. The smallest absolute Gasteiger partial charge is 1.00 e. The van der Waals surface area contributed by atoms with Gasteiger partial charge in [-0.15, -0.1) is 0 Å². The van der Waals surface area contributed by atoms with Crippen LogP contribution in [0.4, 0.5) is 0 Å². The predicted molar refractivity (Wildman–Crippen MR) is 346 cm³/mol. The van der Waals surface area contributed by atoms with Crippen LogP contribution >= 0.6 is 48.8 Å². The monoisotopic (exact) mass is 1430 g/mol. The van der Waals surface area contributed by atoms with Crippen LogP contribution < -0.4 is 122 Å². The number of carbonyl (C=O) groups is 8. The van der Waals surface area contributed by atoms with Crippen LogP contribution in [0.25, 0.3) is 0 Å². The molecular formula is C62H92K2O24S4. The summed E-state index contributed by atoms with van der Waals surface area (Å²) >= 11 is 11.2. The van der Waals surface area contributed by atoms with E-state index in [4.69, 9.17) is 57.4 Å². The number of rotatable bonds is 43. The van der Waals surface area contributed by atoms with E-state index in [1.165, 1.54) is 48.5 Å². The van der Waals surface area contributed by atoms with E-state index in [0.717, 1.165) is 29.1 Å². The van der Waals surface area contributed by atoms with E-state index >= 15 is 0 Å². The number of Topliss-reactive ketones (excluding diaryl/α,β-unsaturated/α-hetero) is 3. The van der Waals surface area contributed by atoms with Crippen molar-refractivity contribution in [3.8, 4) is 17.2 Å². The minimum absolute atomic E-state index is 0. The van der Waals surface area contributed by atoms with Crippen molar-refractivity contribution < 1.29 is 220 Å². The fraction of sp³-hybridized carbons (Fsp3) is 0.548. The van der Waals surface area contributed by atoms with Crippen LogP contribution in [-0.2, 0) is 66.8 Å². The molecule has 0 saturated heterocycles. The van der Waals surface area contributed by atoms with E-state index in [9.17, 15) is 48.9 Å². The quantitative estimate of drug-likeness (QED) is 0.00482. The standard InChI is InChI=1S/C36H50O12S2.C15H18O5.C6H14O2S2.C4H8O2.CH2O3.2K.H/c1-35(2,41)33(39)27-5-9-29(10-6-27)45-17-19-47-31(37)13-23-49-25-21-43-15-16-44-22-26-50-24-14-32(38)48-20-18-46-30-11-7-28(8-12-30)34(40)36(3,4)42;1-4-13(16)20-10-9-19-12-7-5-11(6-8-12)14(17)15(2,3)18;9-5-3-7-1-2-8-4-6-10;1-3-6-4(2)5;2-1-4-3;;;/h5-12,41-42H,13-26H2,1-4H3;4-8,18H,1,9-10H2,2-3H3;9-10H,1-6H2;3H2,1-2H3;1,3H;;;/q;;;;;2*+1;-1/p-1. The first-order valence-electron chi connectivity index (χ1n) is 28.4. The van der Waals surface area contributed by atoms with Crippen LogP contribution in [0.15, 0.2) is 85.5 Å². The molecule has 0 amide bonds. The second-order valence-electron chi connectivity index (χ2n) is 19.3. The Balaban J connectivity index is -0.000000487. The van der Waals surface area contributed by atoms with Gasteiger partial charge in [0.15, 0.2) is 17.3 Å². The SMILES string of the molecule is C=CC(=O)OCCOc1ccc(C(=O)C(C)(C)O)cc1.CC(C)(O)C(=O)c1ccc(OCCOC(=O)CCSCCOCCOCCSCCC(=O)OCCOc2ccc(C(=O)C(C)(C)O)cc2)cc1.CCOC(C)=O.O=CO[O-].SCCOCCOCCS.[H-].[K+].[K+]. The largest absolute Gasteiger partial charge is 1.00 e. The Bertz CT molecular complexity index is 2340. The summed E-state index contributed by atoms with van der Waals surface area (Å²) < 4.78 is 57.2. The second-order valence-corrected chi connectivity index (χ2v) is 22.7. The zero-order valence-electron chi connectivity index (χ0n) is 55.7. The van der Waals surface area contributed by atoms with Crippen molar-refractivity contribution in [3.63, 3.8) is 0 Å². The molecule has 0 aliphatic rings. The first kappa shape index (κ1) is 95.9. The summed E-state index contributed by atoms with van der Waals surface area (Å²) in [5, 5.41) is 37.7. The Kier molecular flexibility index (Phi) is 63.5. The van der Waals surface area contributed by atoms with E-state index in [-0.39, 0.29) is 198 Å². The van der Waals surface area contributed by atoms with Crippen molar-refractivity contribution in [2.24, 2.45) is 0 Å². The van der Waals surface area contributed by atoms with Crippen molar-refractivity contribution in [2.45, 2.75) is 85.0 Å². The van der Waals surface area contributed by atoms with Crippen molar-refractivity contribution in [3.05, 3.63) is 102 Å². The van der Waals surface area contributed by atoms with Crippen LogP contribution in [0.3, 0.4) is 0 Å². The van der Waals surface area contributed by atoms with Gasteiger partial charge in [0.2, 0.25) is 0 Å². The maximum Gasteiger partial charge on any atom is 1.00 e. The van der Waals surface area contributed by atoms with Crippen molar-refractivity contribution >= 4 is 96.5 Å². The number of benzene rings is 3. The molecule has 0 aliphatic heterocycles. The first-order chi connectivity index (χ1) is 42.7. The average molecular weight is 1430 g/mol. The molecule has 0 heterocycles. The van der Waals surface area contributed by atoms with Gasteiger partial charge in [-0.2, -0.15) is 48.8 Å². The third kappa shape index (κ3) is 55.6. The zero-order chi connectivity index (χ0) is 68.1. The van der Waals surface area contributed by atoms with Gasteiger partial charge in [0.1, 0.15) is 73.7 Å². The third-order valence-corrected chi connectivity index (χ3v) is 12.5. The average Bonchev–Trinajstić information content (AvgIpc) is 1.87. The molecule has 0 aromatic heterocycles. The molecule has 0 radical (unpaired) electrons. The summed E-state index contributed by atoms with van der Waals surface area (Å²) in [5.74, 6) is 3.49. The summed E-state index contributed by atoms with van der Waals surface area (Å²) in [6.45, 7) is 21.1. The molecule has 510 valence electrons. The van der Waals surface area contributed by atoms with E-state index in [2.05, 4.69) is 41.5 Å². The first-order valence-corrected chi connectivity index (χ1v) is 31.9.